The predicted molar refractivity (Wildman–Crippen MR) is 80.0 cm³/mol. The number of ether oxygens (including phenoxy) is 1. The number of benzene rings is 1. The van der Waals surface area contributed by atoms with Crippen molar-refractivity contribution < 1.29 is 14.6 Å². The first-order valence-electron chi connectivity index (χ1n) is 6.84. The Balaban J connectivity index is 2.29. The van der Waals surface area contributed by atoms with Crippen LogP contribution >= 0.6 is 0 Å². The van der Waals surface area contributed by atoms with Gasteiger partial charge in [0.15, 0.2) is 0 Å². The summed E-state index contributed by atoms with van der Waals surface area (Å²) in [5.41, 5.74) is 0.693. The van der Waals surface area contributed by atoms with Crippen LogP contribution in [0.1, 0.15) is 20.3 Å². The van der Waals surface area contributed by atoms with Gasteiger partial charge in [-0.2, -0.15) is 0 Å². The van der Waals surface area contributed by atoms with Crippen LogP contribution < -0.4 is 15.4 Å². The lowest BCUT2D eigenvalue weighted by Gasteiger charge is -2.13. The van der Waals surface area contributed by atoms with E-state index in [1.807, 2.05) is 12.1 Å². The van der Waals surface area contributed by atoms with Gasteiger partial charge in [-0.3, -0.25) is 4.79 Å². The Bertz CT molecular complexity index is 421. The summed E-state index contributed by atoms with van der Waals surface area (Å²) in [5, 5.41) is 15.4. The molecule has 0 saturated heterocycles. The second kappa shape index (κ2) is 8.55. The van der Waals surface area contributed by atoms with Crippen LogP contribution in [0.4, 0.5) is 5.69 Å². The van der Waals surface area contributed by atoms with Crippen LogP contribution in [0.15, 0.2) is 24.3 Å². The fourth-order valence-electron chi connectivity index (χ4n) is 1.89. The summed E-state index contributed by atoms with van der Waals surface area (Å²) in [5.74, 6) is 0.996. The van der Waals surface area contributed by atoms with Crippen molar-refractivity contribution in [3.8, 4) is 5.75 Å². The van der Waals surface area contributed by atoms with E-state index in [9.17, 15) is 9.90 Å². The Morgan fingerprint density at radius 3 is 2.80 bits per heavy atom. The Kier molecular flexibility index (Phi) is 7.04. The van der Waals surface area contributed by atoms with E-state index in [2.05, 4.69) is 24.5 Å². The molecule has 0 spiro atoms. The third-order valence-corrected chi connectivity index (χ3v) is 2.76. The molecule has 5 nitrogen and oxygen atoms in total. The molecule has 3 N–H and O–H groups in total. The highest BCUT2D eigenvalue weighted by Crippen LogP contribution is 2.16. The molecule has 0 aliphatic rings. The zero-order chi connectivity index (χ0) is 15.0. The average Bonchev–Trinajstić information content (AvgIpc) is 2.38. The number of anilines is 1. The molecule has 112 valence electrons. The number of hydrogen-bond donors (Lipinski definition) is 3. The van der Waals surface area contributed by atoms with Crippen LogP contribution in [-0.2, 0) is 4.79 Å². The predicted octanol–water partition coefficient (Wildman–Crippen LogP) is 1.63. The molecular formula is C15H24N2O3. The number of hydrogen-bond acceptors (Lipinski definition) is 4. The molecule has 5 heteroatoms. The van der Waals surface area contributed by atoms with Crippen molar-refractivity contribution >= 4 is 11.6 Å². The zero-order valence-electron chi connectivity index (χ0n) is 12.3. The zero-order valence-corrected chi connectivity index (χ0v) is 12.3. The van der Waals surface area contributed by atoms with Crippen molar-refractivity contribution in [1.29, 1.82) is 0 Å². The van der Waals surface area contributed by atoms with Gasteiger partial charge in [0.1, 0.15) is 5.75 Å². The third kappa shape index (κ3) is 6.54. The van der Waals surface area contributed by atoms with Gasteiger partial charge in [0, 0.05) is 18.3 Å². The molecule has 1 amide bonds. The van der Waals surface area contributed by atoms with E-state index in [0.717, 1.165) is 6.42 Å². The number of aliphatic hydroxyl groups excluding tert-OH is 1. The van der Waals surface area contributed by atoms with Crippen molar-refractivity contribution in [3.63, 3.8) is 0 Å². The van der Waals surface area contributed by atoms with E-state index in [1.54, 1.807) is 19.2 Å². The molecule has 1 unspecified atom stereocenters. The molecule has 0 aromatic heterocycles. The van der Waals surface area contributed by atoms with Gasteiger partial charge < -0.3 is 20.5 Å². The van der Waals surface area contributed by atoms with Gasteiger partial charge in [-0.25, -0.2) is 0 Å². The van der Waals surface area contributed by atoms with Crippen LogP contribution in [0.5, 0.6) is 5.75 Å². The summed E-state index contributed by atoms with van der Waals surface area (Å²) < 4.78 is 5.09. The maximum Gasteiger partial charge on any atom is 0.238 e. The molecule has 20 heavy (non-hydrogen) atoms. The third-order valence-electron chi connectivity index (χ3n) is 2.76. The molecule has 0 fully saturated rings. The van der Waals surface area contributed by atoms with Crippen LogP contribution in [0.2, 0.25) is 0 Å². The quantitative estimate of drug-likeness (QED) is 0.677. The molecule has 1 rings (SSSR count). The largest absolute Gasteiger partial charge is 0.497 e. The molecule has 1 atom stereocenters. The van der Waals surface area contributed by atoms with Crippen LogP contribution in [-0.4, -0.2) is 37.3 Å². The molecule has 0 aliphatic heterocycles. The first kappa shape index (κ1) is 16.5. The van der Waals surface area contributed by atoms with Gasteiger partial charge in [0.05, 0.1) is 19.8 Å². The summed E-state index contributed by atoms with van der Waals surface area (Å²) in [6.45, 7) is 4.70. The Labute approximate surface area is 120 Å². The van der Waals surface area contributed by atoms with Gasteiger partial charge >= 0.3 is 0 Å². The highest BCUT2D eigenvalue weighted by atomic mass is 16.5. The van der Waals surface area contributed by atoms with E-state index in [1.165, 1.54) is 0 Å². The van der Waals surface area contributed by atoms with Crippen molar-refractivity contribution in [2.24, 2.45) is 5.92 Å². The maximum absolute atomic E-state index is 11.7. The number of carbonyl (C=O) groups excluding carboxylic acids is 1. The summed E-state index contributed by atoms with van der Waals surface area (Å²) in [6, 6.07) is 7.18. The summed E-state index contributed by atoms with van der Waals surface area (Å²) in [4.78, 5) is 11.7. The Hall–Kier alpha value is -1.59. The molecule has 0 saturated carbocycles. The lowest BCUT2D eigenvalue weighted by molar-refractivity contribution is -0.115. The first-order chi connectivity index (χ1) is 9.51. The topological polar surface area (TPSA) is 70.6 Å². The van der Waals surface area contributed by atoms with E-state index in [-0.39, 0.29) is 12.5 Å². The normalized spacial score (nSPS) is 12.2. The minimum atomic E-state index is -0.417. The number of aliphatic hydroxyl groups is 1. The van der Waals surface area contributed by atoms with E-state index in [0.29, 0.717) is 23.9 Å². The lowest BCUT2D eigenvalue weighted by Crippen LogP contribution is -2.34. The van der Waals surface area contributed by atoms with Gasteiger partial charge in [-0.15, -0.1) is 0 Å². The molecule has 1 aromatic rings. The summed E-state index contributed by atoms with van der Waals surface area (Å²) >= 11 is 0. The molecular weight excluding hydrogens is 256 g/mol. The minimum Gasteiger partial charge on any atom is -0.497 e. The van der Waals surface area contributed by atoms with Crippen LogP contribution in [0.25, 0.3) is 0 Å². The molecule has 0 heterocycles. The number of rotatable bonds is 8. The van der Waals surface area contributed by atoms with Gasteiger partial charge in [0.2, 0.25) is 5.91 Å². The van der Waals surface area contributed by atoms with Gasteiger partial charge in [-0.05, 0) is 24.5 Å². The summed E-state index contributed by atoms with van der Waals surface area (Å²) in [6.07, 6.45) is 0.310. The molecule has 0 aliphatic carbocycles. The van der Waals surface area contributed by atoms with Crippen LogP contribution in [0.3, 0.4) is 0 Å². The highest BCUT2D eigenvalue weighted by molar-refractivity contribution is 5.92. The standard InChI is InChI=1S/C15H24N2O3/c1-11(2)7-13(18)9-16-10-15(19)17-12-5-4-6-14(8-12)20-3/h4-6,8,11,13,16,18H,7,9-10H2,1-3H3,(H,17,19). The van der Waals surface area contributed by atoms with E-state index >= 15 is 0 Å². The van der Waals surface area contributed by atoms with E-state index in [4.69, 9.17) is 4.74 Å². The SMILES string of the molecule is COc1cccc(NC(=O)CNCC(O)CC(C)C)c1. The van der Waals surface area contributed by atoms with Gasteiger partial charge in [0.25, 0.3) is 0 Å². The van der Waals surface area contributed by atoms with Crippen molar-refractivity contribution in [2.75, 3.05) is 25.5 Å². The monoisotopic (exact) mass is 280 g/mol. The number of carbonyl (C=O) groups is 1. The van der Waals surface area contributed by atoms with Crippen LogP contribution in [0, 0.1) is 5.92 Å². The fraction of sp³-hybridized carbons (Fsp3) is 0.533. The minimum absolute atomic E-state index is 0.144. The van der Waals surface area contributed by atoms with Crippen molar-refractivity contribution in [1.82, 2.24) is 5.32 Å². The maximum atomic E-state index is 11.7. The number of amides is 1. The van der Waals surface area contributed by atoms with Crippen molar-refractivity contribution in [2.45, 2.75) is 26.4 Å². The Morgan fingerprint density at radius 1 is 1.40 bits per heavy atom. The number of nitrogens with one attached hydrogen (secondary N) is 2. The highest BCUT2D eigenvalue weighted by Gasteiger charge is 2.08. The second-order valence-electron chi connectivity index (χ2n) is 5.19. The number of methoxy groups -OCH3 is 1. The van der Waals surface area contributed by atoms with Gasteiger partial charge in [-0.1, -0.05) is 19.9 Å². The first-order valence-corrected chi connectivity index (χ1v) is 6.84. The fourth-order valence-corrected chi connectivity index (χ4v) is 1.89. The van der Waals surface area contributed by atoms with Crippen molar-refractivity contribution in [3.05, 3.63) is 24.3 Å². The smallest absolute Gasteiger partial charge is 0.238 e. The molecule has 1 aromatic carbocycles. The lowest BCUT2D eigenvalue weighted by atomic mass is 10.1. The second-order valence-corrected chi connectivity index (χ2v) is 5.19. The Morgan fingerprint density at radius 2 is 2.15 bits per heavy atom. The summed E-state index contributed by atoms with van der Waals surface area (Å²) in [7, 11) is 1.58. The molecule has 0 radical (unpaired) electrons. The average molecular weight is 280 g/mol. The van der Waals surface area contributed by atoms with E-state index < -0.39 is 6.10 Å². The molecule has 0 bridgehead atoms.